The standard InChI is InChI=1S/C19H25ClN6O2/c1-26-8-5-12(6-9-26)28-15-3-2-11(10-14(15)20)25-17(16(21)19(23)27)13-4-7-24-18(13)22/h2-4,7,10,12,24-25H,5-6,8-9,21-22H2,1H3,(H2,23,27)/b17-16+. The zero-order chi connectivity index (χ0) is 20.3. The van der Waals surface area contributed by atoms with Gasteiger partial charge in [0.15, 0.2) is 0 Å². The Kier molecular flexibility index (Phi) is 6.01. The maximum absolute atomic E-state index is 11.6. The van der Waals surface area contributed by atoms with Crippen molar-refractivity contribution in [3.63, 3.8) is 0 Å². The molecule has 1 amide bonds. The van der Waals surface area contributed by atoms with Crippen molar-refractivity contribution in [3.05, 3.63) is 46.7 Å². The van der Waals surface area contributed by atoms with Gasteiger partial charge in [-0.15, -0.1) is 0 Å². The van der Waals surface area contributed by atoms with Crippen LogP contribution in [0.3, 0.4) is 0 Å². The highest BCUT2D eigenvalue weighted by Crippen LogP contribution is 2.32. The highest BCUT2D eigenvalue weighted by atomic mass is 35.5. The second-order valence-electron chi connectivity index (χ2n) is 6.85. The van der Waals surface area contributed by atoms with E-state index >= 15 is 0 Å². The number of nitrogens with one attached hydrogen (secondary N) is 2. The molecule has 0 bridgehead atoms. The SMILES string of the molecule is CN1CCC(Oc2ccc(N/C(=C(/N)C(N)=O)c3cc[nH]c3N)cc2Cl)CC1. The van der Waals surface area contributed by atoms with Crippen molar-refractivity contribution in [3.8, 4) is 5.75 Å². The van der Waals surface area contributed by atoms with Crippen molar-refractivity contribution in [1.29, 1.82) is 0 Å². The van der Waals surface area contributed by atoms with Crippen LogP contribution >= 0.6 is 11.6 Å². The van der Waals surface area contributed by atoms with Gasteiger partial charge in [-0.05, 0) is 44.2 Å². The Hall–Kier alpha value is -2.84. The molecule has 2 heterocycles. The van der Waals surface area contributed by atoms with Gasteiger partial charge >= 0.3 is 0 Å². The molecule has 1 aromatic heterocycles. The Bertz CT molecular complexity index is 886. The van der Waals surface area contributed by atoms with Crippen LogP contribution in [-0.4, -0.2) is 42.0 Å². The van der Waals surface area contributed by atoms with Gasteiger partial charge in [-0.25, -0.2) is 0 Å². The first kappa shape index (κ1) is 19.9. The van der Waals surface area contributed by atoms with Crippen LogP contribution in [0.4, 0.5) is 11.5 Å². The number of nitrogen functional groups attached to an aromatic ring is 1. The van der Waals surface area contributed by atoms with Crippen molar-refractivity contribution < 1.29 is 9.53 Å². The number of likely N-dealkylation sites (tertiary alicyclic amines) is 1. The predicted molar refractivity (Wildman–Crippen MR) is 112 cm³/mol. The summed E-state index contributed by atoms with van der Waals surface area (Å²) in [5.41, 5.74) is 18.5. The van der Waals surface area contributed by atoms with Gasteiger partial charge in [0.25, 0.3) is 5.91 Å². The molecule has 1 fully saturated rings. The summed E-state index contributed by atoms with van der Waals surface area (Å²) in [6.07, 6.45) is 3.71. The summed E-state index contributed by atoms with van der Waals surface area (Å²) in [5.74, 6) is 0.229. The van der Waals surface area contributed by atoms with Gasteiger partial charge in [0.2, 0.25) is 0 Å². The van der Waals surface area contributed by atoms with Crippen molar-refractivity contribution in [1.82, 2.24) is 9.88 Å². The molecule has 8 nitrogen and oxygen atoms in total. The quantitative estimate of drug-likeness (QED) is 0.467. The number of hydrogen-bond acceptors (Lipinski definition) is 6. The molecular formula is C19H25ClN6O2. The molecular weight excluding hydrogens is 380 g/mol. The molecule has 0 radical (unpaired) electrons. The van der Waals surface area contributed by atoms with Gasteiger partial charge in [0.1, 0.15) is 23.4 Å². The van der Waals surface area contributed by atoms with Crippen LogP contribution < -0.4 is 27.3 Å². The Balaban J connectivity index is 1.79. The van der Waals surface area contributed by atoms with Gasteiger partial charge in [-0.3, -0.25) is 4.79 Å². The summed E-state index contributed by atoms with van der Waals surface area (Å²) in [6.45, 7) is 2.00. The lowest BCUT2D eigenvalue weighted by molar-refractivity contribution is -0.114. The van der Waals surface area contributed by atoms with E-state index in [1.165, 1.54) is 0 Å². The van der Waals surface area contributed by atoms with Crippen LogP contribution in [-0.2, 0) is 4.79 Å². The Morgan fingerprint density at radius 2 is 2.00 bits per heavy atom. The number of ether oxygens (including phenoxy) is 1. The average Bonchev–Trinajstić information content (AvgIpc) is 3.08. The molecule has 150 valence electrons. The smallest absolute Gasteiger partial charge is 0.266 e. The number of nitrogens with zero attached hydrogens (tertiary/aromatic N) is 1. The summed E-state index contributed by atoms with van der Waals surface area (Å²) in [4.78, 5) is 16.7. The summed E-state index contributed by atoms with van der Waals surface area (Å²) in [6, 6.07) is 7.00. The molecule has 3 rings (SSSR count). The number of nitrogens with two attached hydrogens (primary N) is 3. The second-order valence-corrected chi connectivity index (χ2v) is 7.26. The fourth-order valence-electron chi connectivity index (χ4n) is 3.10. The second kappa shape index (κ2) is 8.45. The zero-order valence-electron chi connectivity index (χ0n) is 15.7. The number of halogens is 1. The number of benzene rings is 1. The van der Waals surface area contributed by atoms with Crippen LogP contribution in [0.2, 0.25) is 5.02 Å². The number of aromatic nitrogens is 1. The van der Waals surface area contributed by atoms with Gasteiger partial charge < -0.3 is 37.1 Å². The van der Waals surface area contributed by atoms with E-state index in [1.54, 1.807) is 30.5 Å². The maximum atomic E-state index is 11.6. The third kappa shape index (κ3) is 4.52. The number of hydrogen-bond donors (Lipinski definition) is 5. The summed E-state index contributed by atoms with van der Waals surface area (Å²) < 4.78 is 6.05. The van der Waals surface area contributed by atoms with E-state index in [2.05, 4.69) is 22.2 Å². The van der Waals surface area contributed by atoms with E-state index in [4.69, 9.17) is 33.5 Å². The van der Waals surface area contributed by atoms with E-state index in [0.717, 1.165) is 25.9 Å². The van der Waals surface area contributed by atoms with E-state index in [1.807, 2.05) is 0 Å². The molecule has 0 aliphatic carbocycles. The van der Waals surface area contributed by atoms with Crippen molar-refractivity contribution >= 4 is 34.7 Å². The van der Waals surface area contributed by atoms with Crippen LogP contribution in [0.15, 0.2) is 36.2 Å². The molecule has 28 heavy (non-hydrogen) atoms. The highest BCUT2D eigenvalue weighted by molar-refractivity contribution is 6.32. The Labute approximate surface area is 168 Å². The Morgan fingerprint density at radius 1 is 1.29 bits per heavy atom. The van der Waals surface area contributed by atoms with Crippen LogP contribution in [0, 0.1) is 0 Å². The lowest BCUT2D eigenvalue weighted by Crippen LogP contribution is -2.35. The van der Waals surface area contributed by atoms with E-state index in [0.29, 0.717) is 33.5 Å². The van der Waals surface area contributed by atoms with E-state index in [-0.39, 0.29) is 11.8 Å². The highest BCUT2D eigenvalue weighted by Gasteiger charge is 2.20. The minimum absolute atomic E-state index is 0.130. The number of aromatic amines is 1. The first-order valence-electron chi connectivity index (χ1n) is 8.99. The molecule has 0 spiro atoms. The number of anilines is 2. The molecule has 1 aliphatic rings. The zero-order valence-corrected chi connectivity index (χ0v) is 16.4. The van der Waals surface area contributed by atoms with Crippen LogP contribution in [0.25, 0.3) is 5.70 Å². The summed E-state index contributed by atoms with van der Waals surface area (Å²) in [7, 11) is 2.10. The number of rotatable bonds is 6. The number of carbonyl (C=O) groups is 1. The molecule has 9 heteroatoms. The average molecular weight is 405 g/mol. The van der Waals surface area contributed by atoms with Crippen LogP contribution in [0.5, 0.6) is 5.75 Å². The topological polar surface area (TPSA) is 135 Å². The predicted octanol–water partition coefficient (Wildman–Crippen LogP) is 1.95. The molecule has 8 N–H and O–H groups in total. The van der Waals surface area contributed by atoms with Crippen LogP contribution in [0.1, 0.15) is 18.4 Å². The lowest BCUT2D eigenvalue weighted by atomic mass is 10.1. The molecule has 0 unspecified atom stereocenters. The first-order valence-corrected chi connectivity index (χ1v) is 9.37. The van der Waals surface area contributed by atoms with Gasteiger partial charge in [-0.1, -0.05) is 11.6 Å². The fourth-order valence-corrected chi connectivity index (χ4v) is 3.33. The first-order chi connectivity index (χ1) is 13.3. The number of carbonyl (C=O) groups excluding carboxylic acids is 1. The number of piperidine rings is 1. The minimum Gasteiger partial charge on any atom is -0.489 e. The van der Waals surface area contributed by atoms with E-state index in [9.17, 15) is 4.79 Å². The van der Waals surface area contributed by atoms with Crippen molar-refractivity contribution in [2.24, 2.45) is 11.5 Å². The van der Waals surface area contributed by atoms with Gasteiger partial charge in [0.05, 0.1) is 10.7 Å². The molecule has 1 aliphatic heterocycles. The molecule has 0 atom stereocenters. The van der Waals surface area contributed by atoms with Gasteiger partial charge in [-0.2, -0.15) is 0 Å². The third-order valence-corrected chi connectivity index (χ3v) is 5.04. The largest absolute Gasteiger partial charge is 0.489 e. The number of amides is 1. The lowest BCUT2D eigenvalue weighted by Gasteiger charge is -2.29. The Morgan fingerprint density at radius 3 is 2.57 bits per heavy atom. The molecule has 1 saturated heterocycles. The molecule has 1 aromatic carbocycles. The van der Waals surface area contributed by atoms with Crippen molar-refractivity contribution in [2.45, 2.75) is 18.9 Å². The monoisotopic (exact) mass is 404 g/mol. The van der Waals surface area contributed by atoms with Crippen molar-refractivity contribution in [2.75, 3.05) is 31.2 Å². The van der Waals surface area contributed by atoms with E-state index < -0.39 is 5.91 Å². The minimum atomic E-state index is -0.753. The summed E-state index contributed by atoms with van der Waals surface area (Å²) >= 11 is 6.41. The normalized spacial score (nSPS) is 16.5. The third-order valence-electron chi connectivity index (χ3n) is 4.74. The molecule has 0 saturated carbocycles. The van der Waals surface area contributed by atoms with Gasteiger partial charge in [0, 0.05) is 30.5 Å². The maximum Gasteiger partial charge on any atom is 0.266 e. The fraction of sp³-hybridized carbons (Fsp3) is 0.316. The number of H-pyrrole nitrogens is 1. The summed E-state index contributed by atoms with van der Waals surface area (Å²) in [5, 5.41) is 3.55. The number of primary amides is 1. The molecule has 2 aromatic rings.